The van der Waals surface area contributed by atoms with Crippen molar-refractivity contribution >= 4 is 35.3 Å². The molecule has 0 radical (unpaired) electrons. The quantitative estimate of drug-likeness (QED) is 0.451. The second kappa shape index (κ2) is 10.1. The Morgan fingerprint density at radius 2 is 2.04 bits per heavy atom. The smallest absolute Gasteiger partial charge is 0.244 e. The Morgan fingerprint density at radius 1 is 1.21 bits per heavy atom. The van der Waals surface area contributed by atoms with Gasteiger partial charge in [-0.15, -0.1) is 10.2 Å². The number of pyridine rings is 1. The van der Waals surface area contributed by atoms with Crippen LogP contribution in [0.25, 0.3) is 6.08 Å². The second-order valence-corrected chi connectivity index (χ2v) is 7.31. The van der Waals surface area contributed by atoms with Crippen LogP contribution in [0.1, 0.15) is 17.1 Å². The Bertz CT molecular complexity index is 958. The van der Waals surface area contributed by atoms with E-state index < -0.39 is 0 Å². The van der Waals surface area contributed by atoms with Crippen molar-refractivity contribution in [3.05, 3.63) is 76.8 Å². The molecular formula is C20H20ClN5OS. The molecule has 2 aromatic heterocycles. The Labute approximate surface area is 173 Å². The molecule has 144 valence electrons. The number of carbonyl (C=O) groups is 1. The van der Waals surface area contributed by atoms with Gasteiger partial charge in [-0.05, 0) is 29.8 Å². The number of hydrogen-bond donors (Lipinski definition) is 1. The van der Waals surface area contributed by atoms with Gasteiger partial charge in [-0.2, -0.15) is 0 Å². The maximum absolute atomic E-state index is 12.0. The zero-order valence-corrected chi connectivity index (χ0v) is 17.0. The fraction of sp³-hybridized carbons (Fsp3) is 0.200. The van der Waals surface area contributed by atoms with Crippen LogP contribution in [0.3, 0.4) is 0 Å². The molecule has 0 aliphatic carbocycles. The van der Waals surface area contributed by atoms with Gasteiger partial charge >= 0.3 is 0 Å². The van der Waals surface area contributed by atoms with Gasteiger partial charge in [0.05, 0.1) is 5.69 Å². The van der Waals surface area contributed by atoms with Gasteiger partial charge in [0.25, 0.3) is 0 Å². The van der Waals surface area contributed by atoms with Crippen LogP contribution in [-0.4, -0.2) is 32.2 Å². The van der Waals surface area contributed by atoms with Crippen LogP contribution in [0, 0.1) is 0 Å². The lowest BCUT2D eigenvalue weighted by atomic mass is 10.2. The summed E-state index contributed by atoms with van der Waals surface area (Å²) in [6.07, 6.45) is 5.55. The highest BCUT2D eigenvalue weighted by Gasteiger charge is 2.10. The van der Waals surface area contributed by atoms with E-state index in [4.69, 9.17) is 11.6 Å². The summed E-state index contributed by atoms with van der Waals surface area (Å²) in [6.45, 7) is 0.475. The lowest BCUT2D eigenvalue weighted by molar-refractivity contribution is -0.116. The molecule has 0 unspecified atom stereocenters. The fourth-order valence-corrected chi connectivity index (χ4v) is 3.49. The summed E-state index contributed by atoms with van der Waals surface area (Å²) in [5, 5.41) is 12.7. The summed E-state index contributed by atoms with van der Waals surface area (Å²) >= 11 is 7.65. The number of hydrogen-bond acceptors (Lipinski definition) is 5. The largest absolute Gasteiger partial charge is 0.352 e. The van der Waals surface area contributed by atoms with E-state index in [-0.39, 0.29) is 5.91 Å². The zero-order chi connectivity index (χ0) is 19.8. The predicted octanol–water partition coefficient (Wildman–Crippen LogP) is 3.53. The topological polar surface area (TPSA) is 72.7 Å². The number of amides is 1. The van der Waals surface area contributed by atoms with E-state index in [1.54, 1.807) is 30.1 Å². The molecule has 0 aliphatic heterocycles. The molecule has 6 nitrogen and oxygen atoms in total. The number of benzene rings is 1. The van der Waals surface area contributed by atoms with Crippen LogP contribution in [0.4, 0.5) is 0 Å². The Hall–Kier alpha value is -2.64. The monoisotopic (exact) mass is 413 g/mol. The molecule has 1 aromatic carbocycles. The van der Waals surface area contributed by atoms with Crippen LogP contribution in [0.15, 0.2) is 59.9 Å². The van der Waals surface area contributed by atoms with Crippen molar-refractivity contribution in [3.63, 3.8) is 0 Å². The first kappa shape index (κ1) is 20.1. The van der Waals surface area contributed by atoms with Crippen molar-refractivity contribution in [2.45, 2.75) is 17.3 Å². The number of thioether (sulfide) groups is 1. The van der Waals surface area contributed by atoms with Crippen LogP contribution in [-0.2, 0) is 24.0 Å². The third-order valence-corrected chi connectivity index (χ3v) is 5.37. The molecule has 0 saturated heterocycles. The van der Waals surface area contributed by atoms with Crippen LogP contribution in [0.5, 0.6) is 0 Å². The fourth-order valence-electron chi connectivity index (χ4n) is 2.44. The SMILES string of the molecule is Cn1c(CCNC(=O)C=Cc2ccccc2Cl)nnc1SCc1ccccn1. The molecule has 0 bridgehead atoms. The van der Waals surface area contributed by atoms with Crippen molar-refractivity contribution in [2.24, 2.45) is 7.05 Å². The third kappa shape index (κ3) is 5.68. The second-order valence-electron chi connectivity index (χ2n) is 5.96. The number of nitrogens with zero attached hydrogens (tertiary/aromatic N) is 4. The summed E-state index contributed by atoms with van der Waals surface area (Å²) in [4.78, 5) is 16.3. The van der Waals surface area contributed by atoms with Gasteiger partial charge in [0.2, 0.25) is 5.91 Å². The van der Waals surface area contributed by atoms with Gasteiger partial charge in [0, 0.05) is 43.1 Å². The minimum atomic E-state index is -0.174. The number of rotatable bonds is 8. The number of nitrogens with one attached hydrogen (secondary N) is 1. The number of carbonyl (C=O) groups excluding carboxylic acids is 1. The van der Waals surface area contributed by atoms with Crippen molar-refractivity contribution < 1.29 is 4.79 Å². The molecule has 0 fully saturated rings. The summed E-state index contributed by atoms with van der Waals surface area (Å²) in [5.74, 6) is 1.38. The molecular weight excluding hydrogens is 394 g/mol. The van der Waals surface area contributed by atoms with Crippen molar-refractivity contribution in [1.82, 2.24) is 25.1 Å². The lowest BCUT2D eigenvalue weighted by Gasteiger charge is -2.04. The van der Waals surface area contributed by atoms with Crippen molar-refractivity contribution in [3.8, 4) is 0 Å². The lowest BCUT2D eigenvalue weighted by Crippen LogP contribution is -2.24. The molecule has 1 N–H and O–H groups in total. The maximum Gasteiger partial charge on any atom is 0.244 e. The predicted molar refractivity (Wildman–Crippen MR) is 112 cm³/mol. The first-order chi connectivity index (χ1) is 13.6. The first-order valence-electron chi connectivity index (χ1n) is 8.75. The van der Waals surface area contributed by atoms with Gasteiger partial charge < -0.3 is 9.88 Å². The highest BCUT2D eigenvalue weighted by atomic mass is 35.5. The molecule has 0 spiro atoms. The molecule has 28 heavy (non-hydrogen) atoms. The standard InChI is InChI=1S/C20H20ClN5OS/c1-26-18(24-25-20(26)28-14-16-7-4-5-12-22-16)11-13-23-19(27)10-9-15-6-2-3-8-17(15)21/h2-10,12H,11,13-14H2,1H3,(H,23,27). The average molecular weight is 414 g/mol. The van der Waals surface area contributed by atoms with Crippen molar-refractivity contribution in [2.75, 3.05) is 6.54 Å². The van der Waals surface area contributed by atoms with Crippen LogP contribution >= 0.6 is 23.4 Å². The van der Waals surface area contributed by atoms with Gasteiger partial charge in [-0.25, -0.2) is 0 Å². The van der Waals surface area contributed by atoms with E-state index in [1.807, 2.05) is 48.0 Å². The molecule has 0 saturated carbocycles. The van der Waals surface area contributed by atoms with E-state index in [2.05, 4.69) is 20.5 Å². The van der Waals surface area contributed by atoms with E-state index in [0.717, 1.165) is 28.0 Å². The molecule has 3 rings (SSSR count). The van der Waals surface area contributed by atoms with Crippen LogP contribution < -0.4 is 5.32 Å². The third-order valence-electron chi connectivity index (χ3n) is 3.97. The van der Waals surface area contributed by atoms with E-state index in [0.29, 0.717) is 18.0 Å². The minimum absolute atomic E-state index is 0.174. The Balaban J connectivity index is 1.46. The Morgan fingerprint density at radius 3 is 2.82 bits per heavy atom. The highest BCUT2D eigenvalue weighted by Crippen LogP contribution is 2.20. The van der Waals surface area contributed by atoms with E-state index in [9.17, 15) is 4.79 Å². The molecule has 3 aromatic rings. The summed E-state index contributed by atoms with van der Waals surface area (Å²) in [5.41, 5.74) is 1.80. The molecule has 0 atom stereocenters. The molecule has 2 heterocycles. The average Bonchev–Trinajstić information content (AvgIpc) is 3.06. The van der Waals surface area contributed by atoms with Crippen LogP contribution in [0.2, 0.25) is 5.02 Å². The van der Waals surface area contributed by atoms with Gasteiger partial charge in [0.15, 0.2) is 5.16 Å². The molecule has 1 amide bonds. The maximum atomic E-state index is 12.0. The minimum Gasteiger partial charge on any atom is -0.352 e. The van der Waals surface area contributed by atoms with E-state index >= 15 is 0 Å². The molecule has 8 heteroatoms. The van der Waals surface area contributed by atoms with Gasteiger partial charge in [-0.3, -0.25) is 9.78 Å². The Kier molecular flexibility index (Phi) is 7.22. The first-order valence-corrected chi connectivity index (χ1v) is 10.1. The van der Waals surface area contributed by atoms with Crippen molar-refractivity contribution in [1.29, 1.82) is 0 Å². The normalized spacial score (nSPS) is 11.1. The highest BCUT2D eigenvalue weighted by molar-refractivity contribution is 7.98. The summed E-state index contributed by atoms with van der Waals surface area (Å²) in [7, 11) is 1.93. The number of aromatic nitrogens is 4. The number of halogens is 1. The van der Waals surface area contributed by atoms with Gasteiger partial charge in [-0.1, -0.05) is 47.6 Å². The summed E-state index contributed by atoms with van der Waals surface area (Å²) in [6, 6.07) is 13.2. The van der Waals surface area contributed by atoms with Gasteiger partial charge in [0.1, 0.15) is 5.82 Å². The molecule has 0 aliphatic rings. The summed E-state index contributed by atoms with van der Waals surface area (Å²) < 4.78 is 1.94. The zero-order valence-electron chi connectivity index (χ0n) is 15.4. The van der Waals surface area contributed by atoms with E-state index in [1.165, 1.54) is 6.08 Å².